The van der Waals surface area contributed by atoms with Crippen LogP contribution in [0.2, 0.25) is 0 Å². The van der Waals surface area contributed by atoms with E-state index in [0.29, 0.717) is 23.0 Å². The Morgan fingerprint density at radius 2 is 1.65 bits per heavy atom. The minimum atomic E-state index is -0.0163. The van der Waals surface area contributed by atoms with E-state index in [-0.39, 0.29) is 29.3 Å². The van der Waals surface area contributed by atoms with E-state index >= 15 is 0 Å². The largest absolute Gasteiger partial charge is 0.508 e. The van der Waals surface area contributed by atoms with Crippen molar-refractivity contribution in [3.63, 3.8) is 0 Å². The molecule has 0 aliphatic rings. The van der Waals surface area contributed by atoms with E-state index in [9.17, 15) is 9.90 Å². The Kier molecular flexibility index (Phi) is 4.98. The molecule has 0 amide bonds. The summed E-state index contributed by atoms with van der Waals surface area (Å²) in [6, 6.07) is 13.2. The number of aldehydes is 1. The maximum atomic E-state index is 11.7. The fourth-order valence-electron chi connectivity index (χ4n) is 2.42. The van der Waals surface area contributed by atoms with Crippen LogP contribution in [0.5, 0.6) is 29.3 Å². The molecule has 0 saturated carbocycles. The second-order valence-electron chi connectivity index (χ2n) is 5.22. The highest BCUT2D eigenvalue weighted by Gasteiger charge is 2.14. The summed E-state index contributed by atoms with van der Waals surface area (Å²) in [5.74, 6) is 0.912. The maximum Gasteiger partial charge on any atom is 0.328 e. The summed E-state index contributed by atoms with van der Waals surface area (Å²) < 4.78 is 15.9. The molecule has 1 aromatic heterocycles. The molecule has 26 heavy (non-hydrogen) atoms. The van der Waals surface area contributed by atoms with Crippen molar-refractivity contribution >= 4 is 6.29 Å². The van der Waals surface area contributed by atoms with E-state index in [1.165, 1.54) is 20.3 Å². The van der Waals surface area contributed by atoms with E-state index in [1.54, 1.807) is 42.5 Å². The molecule has 7 heteroatoms. The molecule has 7 nitrogen and oxygen atoms in total. The number of benzene rings is 2. The average molecular weight is 352 g/mol. The maximum absolute atomic E-state index is 11.7. The number of phenolic OH excluding ortho intramolecular Hbond substituents is 1. The zero-order chi connectivity index (χ0) is 18.5. The molecule has 3 aromatic rings. The molecular weight excluding hydrogens is 336 g/mol. The van der Waals surface area contributed by atoms with Crippen LogP contribution in [0, 0.1) is 0 Å². The third-order valence-corrected chi connectivity index (χ3v) is 3.62. The van der Waals surface area contributed by atoms with Gasteiger partial charge in [0.1, 0.15) is 11.5 Å². The molecule has 0 bridgehead atoms. The van der Waals surface area contributed by atoms with E-state index in [2.05, 4.69) is 9.97 Å². The van der Waals surface area contributed by atoms with Crippen LogP contribution in [0.3, 0.4) is 0 Å². The number of carbonyl (C=O) groups excluding carboxylic acids is 1. The molecule has 0 aliphatic heterocycles. The standard InChI is InChI=1S/C19H16N2O5/c1-24-17-10-18(25-2)21-19(20-17)26-16-8-4-7-14(15(16)11-22)12-5-3-6-13(23)9-12/h3-11,23H,1-2H3. The number of aromatic nitrogens is 2. The Balaban J connectivity index is 2.04. The molecule has 1 heterocycles. The van der Waals surface area contributed by atoms with Gasteiger partial charge in [-0.25, -0.2) is 0 Å². The Hall–Kier alpha value is -3.61. The van der Waals surface area contributed by atoms with E-state index in [0.717, 1.165) is 0 Å². The van der Waals surface area contributed by atoms with Crippen molar-refractivity contribution in [1.29, 1.82) is 0 Å². The van der Waals surface area contributed by atoms with Gasteiger partial charge in [0.25, 0.3) is 0 Å². The minimum Gasteiger partial charge on any atom is -0.508 e. The second-order valence-corrected chi connectivity index (χ2v) is 5.22. The lowest BCUT2D eigenvalue weighted by atomic mass is 9.99. The third-order valence-electron chi connectivity index (χ3n) is 3.62. The lowest BCUT2D eigenvalue weighted by Crippen LogP contribution is -2.00. The summed E-state index contributed by atoms with van der Waals surface area (Å²) in [4.78, 5) is 19.9. The molecular formula is C19H16N2O5. The molecule has 0 saturated heterocycles. The van der Waals surface area contributed by atoms with Gasteiger partial charge < -0.3 is 19.3 Å². The first kappa shape index (κ1) is 17.2. The topological polar surface area (TPSA) is 90.8 Å². The van der Waals surface area contributed by atoms with Crippen molar-refractivity contribution in [2.75, 3.05) is 14.2 Å². The summed E-state index contributed by atoms with van der Waals surface area (Å²) >= 11 is 0. The normalized spacial score (nSPS) is 10.2. The molecule has 0 radical (unpaired) electrons. The van der Waals surface area contributed by atoms with Crippen LogP contribution in [0.25, 0.3) is 11.1 Å². The van der Waals surface area contributed by atoms with Crippen LogP contribution in [0.15, 0.2) is 48.5 Å². The van der Waals surface area contributed by atoms with Gasteiger partial charge >= 0.3 is 6.01 Å². The Labute approximate surface area is 149 Å². The van der Waals surface area contributed by atoms with Crippen LogP contribution in [0.4, 0.5) is 0 Å². The summed E-state index contributed by atoms with van der Waals surface area (Å²) in [6.45, 7) is 0. The predicted octanol–water partition coefficient (Wildman–Crippen LogP) is 3.47. The monoisotopic (exact) mass is 352 g/mol. The zero-order valence-corrected chi connectivity index (χ0v) is 14.2. The molecule has 0 unspecified atom stereocenters. The van der Waals surface area contributed by atoms with Crippen LogP contribution in [-0.2, 0) is 0 Å². The minimum absolute atomic E-state index is 0.0163. The summed E-state index contributed by atoms with van der Waals surface area (Å²) in [5, 5.41) is 9.69. The molecule has 0 atom stereocenters. The summed E-state index contributed by atoms with van der Waals surface area (Å²) in [5.41, 5.74) is 1.61. The number of aromatic hydroxyl groups is 1. The number of nitrogens with zero attached hydrogens (tertiary/aromatic N) is 2. The van der Waals surface area contributed by atoms with E-state index < -0.39 is 0 Å². The molecule has 2 aromatic carbocycles. The van der Waals surface area contributed by atoms with Gasteiger partial charge in [-0.3, -0.25) is 4.79 Å². The number of hydrogen-bond donors (Lipinski definition) is 1. The first-order chi connectivity index (χ1) is 12.6. The van der Waals surface area contributed by atoms with E-state index in [4.69, 9.17) is 14.2 Å². The summed E-state index contributed by atoms with van der Waals surface area (Å²) in [6.07, 6.45) is 0.687. The van der Waals surface area contributed by atoms with Gasteiger partial charge in [0.15, 0.2) is 6.29 Å². The SMILES string of the molecule is COc1cc(OC)nc(Oc2cccc(-c3cccc(O)c3)c2C=O)n1. The van der Waals surface area contributed by atoms with Crippen LogP contribution >= 0.6 is 0 Å². The fourth-order valence-corrected chi connectivity index (χ4v) is 2.42. The number of phenols is 1. The van der Waals surface area contributed by atoms with Crippen LogP contribution < -0.4 is 14.2 Å². The number of carbonyl (C=O) groups is 1. The Morgan fingerprint density at radius 3 is 2.27 bits per heavy atom. The van der Waals surface area contributed by atoms with Crippen molar-refractivity contribution in [2.24, 2.45) is 0 Å². The molecule has 0 spiro atoms. The fraction of sp³-hybridized carbons (Fsp3) is 0.105. The molecule has 3 rings (SSSR count). The van der Waals surface area contributed by atoms with Crippen LogP contribution in [-0.4, -0.2) is 35.6 Å². The number of ether oxygens (including phenoxy) is 3. The van der Waals surface area contributed by atoms with Crippen molar-refractivity contribution in [3.8, 4) is 40.4 Å². The van der Waals surface area contributed by atoms with Crippen molar-refractivity contribution < 1.29 is 24.1 Å². The molecule has 1 N–H and O–H groups in total. The predicted molar refractivity (Wildman–Crippen MR) is 94.1 cm³/mol. The first-order valence-corrected chi connectivity index (χ1v) is 7.67. The second kappa shape index (κ2) is 7.52. The highest BCUT2D eigenvalue weighted by atomic mass is 16.5. The average Bonchev–Trinajstić information content (AvgIpc) is 2.67. The number of rotatable bonds is 6. The Morgan fingerprint density at radius 1 is 0.962 bits per heavy atom. The van der Waals surface area contributed by atoms with Gasteiger partial charge in [-0.2, -0.15) is 9.97 Å². The van der Waals surface area contributed by atoms with Gasteiger partial charge in [-0.05, 0) is 29.3 Å². The molecule has 0 aliphatic carbocycles. The van der Waals surface area contributed by atoms with Gasteiger partial charge in [0.2, 0.25) is 11.8 Å². The number of hydrogen-bond acceptors (Lipinski definition) is 7. The number of methoxy groups -OCH3 is 2. The highest BCUT2D eigenvalue weighted by molar-refractivity contribution is 5.91. The quantitative estimate of drug-likeness (QED) is 0.679. The van der Waals surface area contributed by atoms with Crippen molar-refractivity contribution in [1.82, 2.24) is 9.97 Å². The van der Waals surface area contributed by atoms with E-state index in [1.807, 2.05) is 0 Å². The highest BCUT2D eigenvalue weighted by Crippen LogP contribution is 2.33. The third kappa shape index (κ3) is 3.56. The smallest absolute Gasteiger partial charge is 0.328 e. The molecule has 0 fully saturated rings. The zero-order valence-electron chi connectivity index (χ0n) is 14.2. The van der Waals surface area contributed by atoms with Crippen LogP contribution in [0.1, 0.15) is 10.4 Å². The van der Waals surface area contributed by atoms with Gasteiger partial charge in [0.05, 0.1) is 25.8 Å². The van der Waals surface area contributed by atoms with Gasteiger partial charge in [0, 0.05) is 0 Å². The summed E-state index contributed by atoms with van der Waals surface area (Å²) in [7, 11) is 2.93. The first-order valence-electron chi connectivity index (χ1n) is 7.67. The lowest BCUT2D eigenvalue weighted by Gasteiger charge is -2.12. The van der Waals surface area contributed by atoms with Gasteiger partial charge in [-0.1, -0.05) is 24.3 Å². The van der Waals surface area contributed by atoms with Gasteiger partial charge in [-0.15, -0.1) is 0 Å². The van der Waals surface area contributed by atoms with Crippen molar-refractivity contribution in [2.45, 2.75) is 0 Å². The Bertz CT molecular complexity index is 921. The molecule has 132 valence electrons. The lowest BCUT2D eigenvalue weighted by molar-refractivity contribution is 0.112. The van der Waals surface area contributed by atoms with Crippen molar-refractivity contribution in [3.05, 3.63) is 54.1 Å².